The normalized spacial score (nSPS) is 14.2. The summed E-state index contributed by atoms with van der Waals surface area (Å²) in [5.41, 5.74) is 7.63. The number of hydrogen-bond acceptors (Lipinski definition) is 8. The van der Waals surface area contributed by atoms with Crippen LogP contribution in [-0.4, -0.2) is 76.1 Å². The molecule has 44 heavy (non-hydrogen) atoms. The number of amides is 3. The minimum Gasteiger partial charge on any atom is -0.467 e. The Kier molecular flexibility index (Phi) is 19.2. The van der Waals surface area contributed by atoms with Crippen LogP contribution in [0, 0.1) is 11.8 Å². The lowest BCUT2D eigenvalue weighted by Gasteiger charge is -2.26. The molecule has 2 rings (SSSR count). The van der Waals surface area contributed by atoms with Crippen molar-refractivity contribution in [2.24, 2.45) is 17.6 Å². The third-order valence-electron chi connectivity index (χ3n) is 6.76. The Hall–Kier alpha value is -3.19. The lowest BCUT2D eigenvalue weighted by molar-refractivity contribution is -0.145. The van der Waals surface area contributed by atoms with Crippen LogP contribution in [-0.2, 0) is 36.8 Å². The summed E-state index contributed by atoms with van der Waals surface area (Å²) < 4.78 is 4.88. The van der Waals surface area contributed by atoms with E-state index in [-0.39, 0.29) is 68.2 Å². The molecule has 0 saturated heterocycles. The zero-order chi connectivity index (χ0) is 31.2. The Labute approximate surface area is 271 Å². The molecule has 2 aromatic rings. The van der Waals surface area contributed by atoms with Gasteiger partial charge >= 0.3 is 5.97 Å². The Morgan fingerprint density at radius 1 is 0.955 bits per heavy atom. The van der Waals surface area contributed by atoms with Gasteiger partial charge in [0.05, 0.1) is 32.0 Å². The van der Waals surface area contributed by atoms with Gasteiger partial charge in [-0.05, 0) is 30.2 Å². The smallest absolute Gasteiger partial charge is 0.328 e. The zero-order valence-corrected chi connectivity index (χ0v) is 27.6. The van der Waals surface area contributed by atoms with Crippen LogP contribution >= 0.6 is 24.8 Å². The fraction of sp³-hybridized carbons (Fsp3) is 0.567. The van der Waals surface area contributed by atoms with Crippen LogP contribution in [0.25, 0.3) is 0 Å². The number of nitrogens with zero attached hydrogens (tertiary/aromatic N) is 1. The highest BCUT2D eigenvalue weighted by Crippen LogP contribution is 2.14. The number of carbonyl (C=O) groups is 4. The number of aromatic nitrogens is 2. The lowest BCUT2D eigenvalue weighted by Crippen LogP contribution is -2.54. The lowest BCUT2D eigenvalue weighted by atomic mass is 9.96. The molecule has 2 unspecified atom stereocenters. The van der Waals surface area contributed by atoms with Gasteiger partial charge in [0.15, 0.2) is 0 Å². The Morgan fingerprint density at radius 3 is 2.16 bits per heavy atom. The van der Waals surface area contributed by atoms with Crippen LogP contribution in [0.3, 0.4) is 0 Å². The first-order valence-electron chi connectivity index (χ1n) is 14.3. The summed E-state index contributed by atoms with van der Waals surface area (Å²) in [4.78, 5) is 58.0. The average molecular weight is 660 g/mol. The largest absolute Gasteiger partial charge is 0.467 e. The molecule has 0 aliphatic heterocycles. The summed E-state index contributed by atoms with van der Waals surface area (Å²) >= 11 is 0. The van der Waals surface area contributed by atoms with Crippen molar-refractivity contribution in [3.63, 3.8) is 0 Å². The number of carbonyl (C=O) groups excluding carboxylic acids is 4. The maximum atomic E-state index is 13.2. The number of aliphatic hydroxyl groups is 1. The molecule has 0 radical (unpaired) electrons. The van der Waals surface area contributed by atoms with Crippen molar-refractivity contribution in [3.05, 3.63) is 54.1 Å². The van der Waals surface area contributed by atoms with E-state index in [1.807, 2.05) is 44.2 Å². The fourth-order valence-electron chi connectivity index (χ4n) is 4.66. The van der Waals surface area contributed by atoms with Gasteiger partial charge in [-0.1, -0.05) is 58.0 Å². The molecule has 7 N–H and O–H groups in total. The molecule has 0 bridgehead atoms. The highest BCUT2D eigenvalue weighted by atomic mass is 35.5. The minimum atomic E-state index is -1.07. The fourth-order valence-corrected chi connectivity index (χ4v) is 4.66. The van der Waals surface area contributed by atoms with Gasteiger partial charge in [0.1, 0.15) is 12.1 Å². The number of esters is 1. The van der Waals surface area contributed by atoms with Crippen LogP contribution in [0.1, 0.15) is 58.2 Å². The predicted octanol–water partition coefficient (Wildman–Crippen LogP) is 1.84. The summed E-state index contributed by atoms with van der Waals surface area (Å²) in [7, 11) is 1.25. The van der Waals surface area contributed by atoms with Crippen LogP contribution in [0.15, 0.2) is 42.9 Å². The first kappa shape index (κ1) is 40.8. The molecule has 0 fully saturated rings. The van der Waals surface area contributed by atoms with Crippen molar-refractivity contribution in [2.45, 2.75) is 90.1 Å². The monoisotopic (exact) mass is 658 g/mol. The van der Waals surface area contributed by atoms with Crippen LogP contribution in [0.2, 0.25) is 0 Å². The van der Waals surface area contributed by atoms with E-state index in [0.717, 1.165) is 11.3 Å². The number of aliphatic hydroxyl groups excluding tert-OH is 1. The van der Waals surface area contributed by atoms with Gasteiger partial charge in [0.2, 0.25) is 17.7 Å². The molecule has 0 aliphatic carbocycles. The van der Waals surface area contributed by atoms with Gasteiger partial charge in [-0.25, -0.2) is 9.78 Å². The van der Waals surface area contributed by atoms with Crippen molar-refractivity contribution >= 4 is 48.5 Å². The van der Waals surface area contributed by atoms with Crippen molar-refractivity contribution < 1.29 is 29.0 Å². The molecule has 0 saturated carbocycles. The van der Waals surface area contributed by atoms with E-state index in [9.17, 15) is 24.3 Å². The third-order valence-corrected chi connectivity index (χ3v) is 6.76. The quantitative estimate of drug-likeness (QED) is 0.139. The number of nitrogens with two attached hydrogens (primary N) is 1. The number of halogens is 2. The Balaban J connectivity index is 0.00000924. The van der Waals surface area contributed by atoms with Gasteiger partial charge in [0.25, 0.3) is 0 Å². The topological polar surface area (TPSA) is 189 Å². The number of aromatic amines is 1. The van der Waals surface area contributed by atoms with Crippen LogP contribution in [0.5, 0.6) is 0 Å². The van der Waals surface area contributed by atoms with E-state index in [1.165, 1.54) is 13.4 Å². The second kappa shape index (κ2) is 20.7. The van der Waals surface area contributed by atoms with Gasteiger partial charge in [-0.2, -0.15) is 0 Å². The Bertz CT molecular complexity index is 1140. The standard InChI is InChI=1S/C30H46N6O6.2ClH/c1-18(2)11-21(34-28(39)24(31)14-22-16-32-17-33-22)13-23(37)15-26(38)36-27(19(3)4)29(40)35-25(30(41)42-5)12-20-9-7-6-8-10-20;;/h6-10,16-19,21,23-25,27,37H,11-15,31H2,1-5H3,(H,32,33)(H,34,39)(H,35,40)(H,36,38);2*1H/t21?,23?,24-,25+,27+;;/m0../s1. The number of benzene rings is 1. The number of hydrogen-bond donors (Lipinski definition) is 6. The van der Waals surface area contributed by atoms with E-state index in [4.69, 9.17) is 10.5 Å². The molecule has 5 atom stereocenters. The number of H-pyrrole nitrogens is 1. The molecule has 1 aromatic heterocycles. The zero-order valence-electron chi connectivity index (χ0n) is 25.9. The number of imidazole rings is 1. The predicted molar refractivity (Wildman–Crippen MR) is 172 cm³/mol. The van der Waals surface area contributed by atoms with Gasteiger partial charge in [0, 0.05) is 30.8 Å². The van der Waals surface area contributed by atoms with Gasteiger partial charge in [-0.15, -0.1) is 24.8 Å². The average Bonchev–Trinajstić information content (AvgIpc) is 3.43. The molecule has 3 amide bonds. The van der Waals surface area contributed by atoms with E-state index >= 15 is 0 Å². The summed E-state index contributed by atoms with van der Waals surface area (Å²) in [6, 6.07) is 6.11. The van der Waals surface area contributed by atoms with E-state index in [0.29, 0.717) is 6.42 Å². The highest BCUT2D eigenvalue weighted by molar-refractivity contribution is 5.91. The molecular weight excluding hydrogens is 611 g/mol. The first-order chi connectivity index (χ1) is 19.9. The molecule has 0 spiro atoms. The van der Waals surface area contributed by atoms with Crippen molar-refractivity contribution in [2.75, 3.05) is 7.11 Å². The molecule has 14 heteroatoms. The summed E-state index contributed by atoms with van der Waals surface area (Å²) in [6.07, 6.45) is 2.99. The molecule has 248 valence electrons. The third kappa shape index (κ3) is 14.5. The van der Waals surface area contributed by atoms with E-state index in [2.05, 4.69) is 25.9 Å². The molecule has 12 nitrogen and oxygen atoms in total. The highest BCUT2D eigenvalue weighted by Gasteiger charge is 2.30. The van der Waals surface area contributed by atoms with Gasteiger partial charge < -0.3 is 36.5 Å². The van der Waals surface area contributed by atoms with Crippen LogP contribution < -0.4 is 21.7 Å². The molecule has 1 heterocycles. The molecule has 0 aliphatic rings. The number of nitrogens with one attached hydrogen (secondary N) is 4. The maximum absolute atomic E-state index is 13.2. The van der Waals surface area contributed by atoms with E-state index < -0.39 is 48.1 Å². The molecule has 1 aromatic carbocycles. The SMILES string of the molecule is COC(=O)[C@@H](Cc1ccccc1)NC(=O)[C@H](NC(=O)CC(O)CC(CC(C)C)NC(=O)[C@@H](N)Cc1cnc[nH]1)C(C)C.Cl.Cl. The summed E-state index contributed by atoms with van der Waals surface area (Å²) in [5.74, 6) is -2.11. The second-order valence-corrected chi connectivity index (χ2v) is 11.4. The number of methoxy groups -OCH3 is 1. The van der Waals surface area contributed by atoms with Crippen molar-refractivity contribution in [1.29, 1.82) is 0 Å². The summed E-state index contributed by atoms with van der Waals surface area (Å²) in [6.45, 7) is 7.53. The second-order valence-electron chi connectivity index (χ2n) is 11.4. The first-order valence-corrected chi connectivity index (χ1v) is 14.3. The molecular formula is C30H48Cl2N6O6. The summed E-state index contributed by atoms with van der Waals surface area (Å²) in [5, 5.41) is 19.0. The maximum Gasteiger partial charge on any atom is 0.328 e. The Morgan fingerprint density at radius 2 is 1.61 bits per heavy atom. The van der Waals surface area contributed by atoms with E-state index in [1.54, 1.807) is 20.0 Å². The minimum absolute atomic E-state index is 0. The van der Waals surface area contributed by atoms with Gasteiger partial charge in [-0.3, -0.25) is 14.4 Å². The van der Waals surface area contributed by atoms with Crippen LogP contribution in [0.4, 0.5) is 0 Å². The number of ether oxygens (including phenoxy) is 1. The van der Waals surface area contributed by atoms with Crippen molar-refractivity contribution in [3.8, 4) is 0 Å². The number of rotatable bonds is 17. The van der Waals surface area contributed by atoms with Crippen molar-refractivity contribution in [1.82, 2.24) is 25.9 Å².